The lowest BCUT2D eigenvalue weighted by Gasteiger charge is -2.37. The van der Waals surface area contributed by atoms with E-state index in [0.29, 0.717) is 37.7 Å². The molecule has 3 rings (SSSR count). The van der Waals surface area contributed by atoms with Crippen LogP contribution in [-0.4, -0.2) is 53.2 Å². The number of aliphatic hydroxyl groups is 1. The van der Waals surface area contributed by atoms with Crippen LogP contribution in [0.25, 0.3) is 0 Å². The van der Waals surface area contributed by atoms with E-state index in [-0.39, 0.29) is 5.56 Å². The fourth-order valence-corrected chi connectivity index (χ4v) is 3.54. The van der Waals surface area contributed by atoms with Crippen molar-refractivity contribution in [2.75, 3.05) is 26.2 Å². The molecule has 1 aliphatic rings. The van der Waals surface area contributed by atoms with Gasteiger partial charge in [-0.15, -0.1) is 0 Å². The van der Waals surface area contributed by atoms with Crippen molar-refractivity contribution >= 4 is 17.5 Å². The third-order valence-electron chi connectivity index (χ3n) is 5.17. The van der Waals surface area contributed by atoms with Gasteiger partial charge < -0.3 is 10.0 Å². The van der Waals surface area contributed by atoms with Crippen LogP contribution in [0.4, 0.5) is 13.2 Å². The number of carbonyl (C=O) groups is 1. The molecule has 1 aliphatic heterocycles. The number of nitrogens with zero attached hydrogens (tertiary/aromatic N) is 2. The van der Waals surface area contributed by atoms with Crippen LogP contribution < -0.4 is 0 Å². The average Bonchev–Trinajstić information content (AvgIpc) is 2.70. The normalized spacial score (nSPS) is 17.8. The number of alkyl halides is 3. The van der Waals surface area contributed by atoms with E-state index < -0.39 is 24.1 Å². The predicted octanol–water partition coefficient (Wildman–Crippen LogP) is 3.82. The number of hydrogen-bond acceptors (Lipinski definition) is 3. The molecule has 0 spiro atoms. The highest BCUT2D eigenvalue weighted by atomic mass is 35.5. The monoisotopic (exact) mass is 426 g/mol. The summed E-state index contributed by atoms with van der Waals surface area (Å²) in [6.45, 7) is 2.40. The Morgan fingerprint density at radius 3 is 2.10 bits per heavy atom. The molecule has 1 heterocycles. The summed E-state index contributed by atoms with van der Waals surface area (Å²) in [7, 11) is 0. The number of halogens is 4. The summed E-state index contributed by atoms with van der Waals surface area (Å²) in [4.78, 5) is 16.1. The van der Waals surface area contributed by atoms with Gasteiger partial charge in [-0.25, -0.2) is 0 Å². The third-order valence-corrected chi connectivity index (χ3v) is 5.42. The maximum Gasteiger partial charge on any atom is 0.421 e. The van der Waals surface area contributed by atoms with E-state index in [2.05, 4.69) is 4.90 Å². The Morgan fingerprint density at radius 2 is 1.55 bits per heavy atom. The molecule has 1 saturated heterocycles. The molecule has 1 fully saturated rings. The third kappa shape index (κ3) is 5.10. The largest absolute Gasteiger partial charge is 0.421 e. The molecular formula is C21H22ClF3N2O2. The summed E-state index contributed by atoms with van der Waals surface area (Å²) < 4.78 is 40.8. The fraction of sp³-hybridized carbons (Fsp3) is 0.381. The van der Waals surface area contributed by atoms with E-state index in [0.717, 1.165) is 5.56 Å². The second kappa shape index (κ2) is 8.73. The van der Waals surface area contributed by atoms with E-state index >= 15 is 0 Å². The van der Waals surface area contributed by atoms with Crippen LogP contribution in [0.1, 0.15) is 17.5 Å². The average molecular weight is 427 g/mol. The Hall–Kier alpha value is -2.09. The van der Waals surface area contributed by atoms with Crippen molar-refractivity contribution in [2.24, 2.45) is 0 Å². The Labute approximate surface area is 172 Å². The van der Waals surface area contributed by atoms with Crippen LogP contribution in [0.5, 0.6) is 0 Å². The van der Waals surface area contributed by atoms with E-state index in [9.17, 15) is 23.1 Å². The smallest absolute Gasteiger partial charge is 0.376 e. The number of piperazine rings is 1. The van der Waals surface area contributed by atoms with Crippen molar-refractivity contribution in [3.8, 4) is 0 Å². The van der Waals surface area contributed by atoms with Crippen LogP contribution in [0, 0.1) is 0 Å². The minimum Gasteiger partial charge on any atom is -0.376 e. The highest BCUT2D eigenvalue weighted by molar-refractivity contribution is 6.30. The zero-order valence-corrected chi connectivity index (χ0v) is 16.5. The van der Waals surface area contributed by atoms with E-state index in [1.165, 1.54) is 29.2 Å². The quantitative estimate of drug-likeness (QED) is 0.790. The highest BCUT2D eigenvalue weighted by Crippen LogP contribution is 2.42. The molecule has 8 heteroatoms. The molecule has 1 atom stereocenters. The molecular weight excluding hydrogens is 405 g/mol. The van der Waals surface area contributed by atoms with Crippen molar-refractivity contribution < 1.29 is 23.1 Å². The van der Waals surface area contributed by atoms with Crippen LogP contribution in [-0.2, 0) is 16.9 Å². The summed E-state index contributed by atoms with van der Waals surface area (Å²) in [5, 5.41) is 11.0. The maximum atomic E-state index is 13.6. The summed E-state index contributed by atoms with van der Waals surface area (Å²) in [5.74, 6) is -0.708. The number of hydrogen-bond donors (Lipinski definition) is 1. The Bertz CT molecular complexity index is 822. The van der Waals surface area contributed by atoms with E-state index in [1.807, 2.05) is 12.1 Å². The molecule has 0 aromatic heterocycles. The topological polar surface area (TPSA) is 43.8 Å². The highest BCUT2D eigenvalue weighted by Gasteiger charge is 2.56. The Morgan fingerprint density at radius 1 is 0.966 bits per heavy atom. The number of benzene rings is 2. The number of carbonyl (C=O) groups excluding carboxylic acids is 1. The molecule has 1 unspecified atom stereocenters. The van der Waals surface area contributed by atoms with Crippen molar-refractivity contribution in [2.45, 2.75) is 24.7 Å². The van der Waals surface area contributed by atoms with Crippen molar-refractivity contribution in [3.05, 3.63) is 70.7 Å². The van der Waals surface area contributed by atoms with Gasteiger partial charge >= 0.3 is 6.18 Å². The minimum atomic E-state index is -4.96. The van der Waals surface area contributed by atoms with Gasteiger partial charge in [-0.2, -0.15) is 13.2 Å². The Balaban J connectivity index is 1.61. The lowest BCUT2D eigenvalue weighted by molar-refractivity contribution is -0.268. The molecule has 0 aliphatic carbocycles. The number of rotatable bonds is 5. The summed E-state index contributed by atoms with van der Waals surface area (Å²) in [6, 6.07) is 14.2. The predicted molar refractivity (Wildman–Crippen MR) is 104 cm³/mol. The van der Waals surface area contributed by atoms with Gasteiger partial charge in [0, 0.05) is 37.7 Å². The zero-order valence-electron chi connectivity index (χ0n) is 15.7. The minimum absolute atomic E-state index is 0.315. The van der Waals surface area contributed by atoms with Gasteiger partial charge in [-0.1, -0.05) is 54.1 Å². The molecule has 1 amide bonds. The van der Waals surface area contributed by atoms with Gasteiger partial charge in [-0.05, 0) is 23.3 Å². The van der Waals surface area contributed by atoms with Gasteiger partial charge in [0.05, 0.1) is 6.42 Å². The molecule has 4 nitrogen and oxygen atoms in total. The molecule has 1 N–H and O–H groups in total. The number of amides is 1. The molecule has 2 aromatic rings. The molecule has 0 radical (unpaired) electrons. The van der Waals surface area contributed by atoms with Crippen LogP contribution in [0.3, 0.4) is 0 Å². The summed E-state index contributed by atoms with van der Waals surface area (Å²) in [5.41, 5.74) is -2.46. The van der Waals surface area contributed by atoms with Crippen LogP contribution in [0.15, 0.2) is 54.6 Å². The van der Waals surface area contributed by atoms with Crippen molar-refractivity contribution in [1.29, 1.82) is 0 Å². The lowest BCUT2D eigenvalue weighted by Crippen LogP contribution is -2.52. The van der Waals surface area contributed by atoms with Gasteiger partial charge in [-0.3, -0.25) is 9.69 Å². The second-order valence-corrected chi connectivity index (χ2v) is 7.62. The second-order valence-electron chi connectivity index (χ2n) is 7.18. The Kier molecular flexibility index (Phi) is 6.51. The van der Waals surface area contributed by atoms with Crippen molar-refractivity contribution in [3.63, 3.8) is 0 Å². The standard InChI is InChI=1S/C21H22ClF3N2O2/c22-18-8-6-16(7-9-18)15-26-10-12-27(13-11-26)19(28)14-20(29,21(23,24)25)17-4-2-1-3-5-17/h1-9,29H,10-15H2. The molecule has 0 saturated carbocycles. The van der Waals surface area contributed by atoms with Gasteiger partial charge in [0.15, 0.2) is 5.60 Å². The molecule has 2 aromatic carbocycles. The fourth-order valence-electron chi connectivity index (χ4n) is 3.41. The van der Waals surface area contributed by atoms with Gasteiger partial charge in [0.25, 0.3) is 0 Å². The lowest BCUT2D eigenvalue weighted by atomic mass is 9.89. The molecule has 156 valence electrons. The zero-order chi connectivity index (χ0) is 21.1. The van der Waals surface area contributed by atoms with Gasteiger partial charge in [0.2, 0.25) is 5.91 Å². The summed E-state index contributed by atoms with van der Waals surface area (Å²) >= 11 is 5.88. The van der Waals surface area contributed by atoms with Crippen molar-refractivity contribution in [1.82, 2.24) is 9.80 Å². The van der Waals surface area contributed by atoms with E-state index in [1.54, 1.807) is 18.2 Å². The molecule has 29 heavy (non-hydrogen) atoms. The first-order chi connectivity index (χ1) is 13.7. The molecule has 0 bridgehead atoms. The first-order valence-corrected chi connectivity index (χ1v) is 9.66. The summed E-state index contributed by atoms with van der Waals surface area (Å²) in [6.07, 6.45) is -5.99. The first-order valence-electron chi connectivity index (χ1n) is 9.28. The maximum absolute atomic E-state index is 13.6. The first kappa shape index (κ1) is 21.6. The van der Waals surface area contributed by atoms with Crippen LogP contribution in [0.2, 0.25) is 5.02 Å². The van der Waals surface area contributed by atoms with E-state index in [4.69, 9.17) is 11.6 Å². The van der Waals surface area contributed by atoms with Crippen LogP contribution >= 0.6 is 11.6 Å². The SMILES string of the molecule is O=C(CC(O)(c1ccccc1)C(F)(F)F)N1CCN(Cc2ccc(Cl)cc2)CC1. The van der Waals surface area contributed by atoms with Gasteiger partial charge in [0.1, 0.15) is 0 Å².